The van der Waals surface area contributed by atoms with Crippen molar-refractivity contribution in [2.24, 2.45) is 51.2 Å². The van der Waals surface area contributed by atoms with Gasteiger partial charge in [0.25, 0.3) is 0 Å². The van der Waals surface area contributed by atoms with Gasteiger partial charge in [0.05, 0.1) is 24.3 Å². The van der Waals surface area contributed by atoms with E-state index in [1.807, 2.05) is 25.8 Å². The van der Waals surface area contributed by atoms with Gasteiger partial charge in [0.15, 0.2) is 0 Å². The van der Waals surface area contributed by atoms with Crippen LogP contribution in [-0.4, -0.2) is 71.2 Å². The number of amides is 1. The summed E-state index contributed by atoms with van der Waals surface area (Å²) in [6.07, 6.45) is 15.3. The Labute approximate surface area is 305 Å². The van der Waals surface area contributed by atoms with E-state index in [9.17, 15) is 24.6 Å². The molecule has 4 saturated carbocycles. The van der Waals surface area contributed by atoms with Gasteiger partial charge in [-0.05, 0) is 134 Å². The van der Waals surface area contributed by atoms with E-state index in [0.29, 0.717) is 48.2 Å². The molecule has 4 N–H and O–H groups in total. The van der Waals surface area contributed by atoms with Gasteiger partial charge in [-0.1, -0.05) is 58.4 Å². The molecule has 8 unspecified atom stereocenters. The maximum absolute atomic E-state index is 13.9. The van der Waals surface area contributed by atoms with Gasteiger partial charge < -0.3 is 25.4 Å². The molecule has 9 heteroatoms. The van der Waals surface area contributed by atoms with Crippen molar-refractivity contribution in [3.8, 4) is 0 Å². The third-order valence-electron chi connectivity index (χ3n) is 14.3. The van der Waals surface area contributed by atoms with E-state index in [2.05, 4.69) is 45.7 Å². The monoisotopic (exact) mass is 706 g/mol. The molecule has 5 aliphatic carbocycles. The normalized spacial score (nSPS) is 34.3. The molecule has 0 aromatic heterocycles. The molecule has 4 fully saturated rings. The number of rotatable bonds is 9. The molecule has 51 heavy (non-hydrogen) atoms. The Morgan fingerprint density at radius 3 is 2.18 bits per heavy atom. The number of carboxylic acids is 2. The molecule has 9 nitrogen and oxygen atoms in total. The Kier molecular flexibility index (Phi) is 12.8. The first kappa shape index (κ1) is 40.5. The van der Waals surface area contributed by atoms with E-state index in [1.165, 1.54) is 36.2 Å². The molecule has 0 aliphatic heterocycles. The van der Waals surface area contributed by atoms with Gasteiger partial charge in [0, 0.05) is 13.1 Å². The topological polar surface area (TPSA) is 144 Å². The predicted octanol–water partition coefficient (Wildman–Crippen LogP) is 7.30. The predicted molar refractivity (Wildman–Crippen MR) is 200 cm³/mol. The highest BCUT2D eigenvalue weighted by atomic mass is 16.4. The average Bonchev–Trinajstić information content (AvgIpc) is 3.55. The summed E-state index contributed by atoms with van der Waals surface area (Å²) >= 11 is 0. The number of aromatic carboxylic acids is 1. The van der Waals surface area contributed by atoms with Crippen molar-refractivity contribution >= 4 is 30.2 Å². The third-order valence-corrected chi connectivity index (χ3v) is 14.3. The van der Waals surface area contributed by atoms with Gasteiger partial charge in [-0.25, -0.2) is 4.79 Å². The van der Waals surface area contributed by atoms with Gasteiger partial charge >= 0.3 is 11.9 Å². The molecule has 8 atom stereocenters. The van der Waals surface area contributed by atoms with Crippen molar-refractivity contribution in [1.29, 1.82) is 0 Å². The number of nitrogens with one attached hydrogen (secondary N) is 1. The summed E-state index contributed by atoms with van der Waals surface area (Å²) in [7, 11) is 0. The van der Waals surface area contributed by atoms with Crippen LogP contribution < -0.4 is 5.32 Å². The summed E-state index contributed by atoms with van der Waals surface area (Å²) in [5.74, 6) is 1.06. The highest BCUT2D eigenvalue weighted by Crippen LogP contribution is 2.73. The fourth-order valence-electron chi connectivity index (χ4n) is 12.4. The summed E-state index contributed by atoms with van der Waals surface area (Å²) in [6, 6.07) is 7.44. The molecule has 0 saturated heterocycles. The van der Waals surface area contributed by atoms with Gasteiger partial charge in [-0.15, -0.1) is 6.58 Å². The molecular weight excluding hydrogens is 644 g/mol. The molecule has 0 heterocycles. The second kappa shape index (κ2) is 16.2. The number of carbonyl (C=O) groups excluding carboxylic acids is 2. The number of hydrogen-bond acceptors (Lipinski definition) is 6. The summed E-state index contributed by atoms with van der Waals surface area (Å²) < 4.78 is 0. The lowest BCUT2D eigenvalue weighted by atomic mass is 9.36. The van der Waals surface area contributed by atoms with Crippen LogP contribution in [0.4, 0.5) is 0 Å². The number of aliphatic hydroxyl groups is 1. The van der Waals surface area contributed by atoms with E-state index in [-0.39, 0.29) is 40.8 Å². The molecule has 6 rings (SSSR count). The lowest BCUT2D eigenvalue weighted by molar-refractivity contribution is -0.181. The lowest BCUT2D eigenvalue weighted by Crippen LogP contribution is -2.62. The average molecular weight is 707 g/mol. The summed E-state index contributed by atoms with van der Waals surface area (Å²) in [5, 5.41) is 31.2. The van der Waals surface area contributed by atoms with Crippen molar-refractivity contribution in [2.45, 2.75) is 98.8 Å². The van der Waals surface area contributed by atoms with Crippen LogP contribution in [0.25, 0.3) is 5.57 Å². The number of benzene rings is 1. The summed E-state index contributed by atoms with van der Waals surface area (Å²) in [6.45, 7) is 17.3. The van der Waals surface area contributed by atoms with Gasteiger partial charge in [0.1, 0.15) is 6.79 Å². The van der Waals surface area contributed by atoms with Crippen molar-refractivity contribution in [2.75, 3.05) is 26.4 Å². The number of aliphatic hydroxyl groups excluding tert-OH is 1. The SMILES string of the molecule is C=CC.C=O.CC1(C)C(c2ccc(C(=O)O)cc2)=CCC2(C)C1CCC1(C)C3CCC4(C(=O)NCCN(CO)CC(=O)O)CCCC4C3CCC12. The number of carbonyl (C=O) groups is 4. The van der Waals surface area contributed by atoms with Crippen LogP contribution in [0.5, 0.6) is 0 Å². The molecule has 282 valence electrons. The molecular formula is C42H62N2O7. The van der Waals surface area contributed by atoms with Crippen LogP contribution in [-0.2, 0) is 14.4 Å². The first-order valence-corrected chi connectivity index (χ1v) is 18.9. The summed E-state index contributed by atoms with van der Waals surface area (Å²) in [5.41, 5.74) is 2.94. The van der Waals surface area contributed by atoms with Crippen LogP contribution >= 0.6 is 0 Å². The van der Waals surface area contributed by atoms with Crippen LogP contribution in [0.1, 0.15) is 115 Å². The van der Waals surface area contributed by atoms with Crippen molar-refractivity contribution < 1.29 is 34.5 Å². The number of hydrogen-bond donors (Lipinski definition) is 4. The zero-order valence-corrected chi connectivity index (χ0v) is 31.6. The Bertz CT molecular complexity index is 1460. The molecule has 0 bridgehead atoms. The van der Waals surface area contributed by atoms with Crippen LogP contribution in [0.2, 0.25) is 0 Å². The number of aliphatic carboxylic acids is 1. The summed E-state index contributed by atoms with van der Waals surface area (Å²) in [4.78, 5) is 45.9. The fourth-order valence-corrected chi connectivity index (χ4v) is 12.4. The third kappa shape index (κ3) is 7.35. The Balaban J connectivity index is 0.00000111. The smallest absolute Gasteiger partial charge is 0.335 e. The Hall–Kier alpha value is -3.30. The first-order valence-electron chi connectivity index (χ1n) is 18.9. The quantitative estimate of drug-likeness (QED) is 0.155. The van der Waals surface area contributed by atoms with E-state index >= 15 is 0 Å². The second-order valence-corrected chi connectivity index (χ2v) is 16.9. The Morgan fingerprint density at radius 2 is 1.57 bits per heavy atom. The van der Waals surface area contributed by atoms with Gasteiger partial charge in [-0.3, -0.25) is 14.5 Å². The highest BCUT2D eigenvalue weighted by molar-refractivity contribution is 5.88. The minimum atomic E-state index is -0.985. The maximum atomic E-state index is 13.9. The minimum Gasteiger partial charge on any atom is -0.480 e. The maximum Gasteiger partial charge on any atom is 0.335 e. The zero-order chi connectivity index (χ0) is 37.8. The van der Waals surface area contributed by atoms with E-state index in [0.717, 1.165) is 44.1 Å². The number of carboxylic acid groups (broad SMARTS) is 2. The van der Waals surface area contributed by atoms with E-state index < -0.39 is 11.9 Å². The van der Waals surface area contributed by atoms with Crippen molar-refractivity contribution in [3.05, 3.63) is 54.1 Å². The van der Waals surface area contributed by atoms with Gasteiger partial charge in [-0.2, -0.15) is 0 Å². The number of nitrogens with zero attached hydrogens (tertiary/aromatic N) is 1. The molecule has 0 spiro atoms. The molecule has 1 amide bonds. The fraction of sp³-hybridized carbons (Fsp3) is 0.667. The molecule has 5 aliphatic rings. The minimum absolute atomic E-state index is 0.0166. The van der Waals surface area contributed by atoms with Crippen molar-refractivity contribution in [3.63, 3.8) is 0 Å². The Morgan fingerprint density at radius 1 is 0.902 bits per heavy atom. The molecule has 1 aromatic carbocycles. The molecule has 1 aromatic rings. The van der Waals surface area contributed by atoms with Crippen LogP contribution in [0.15, 0.2) is 43.0 Å². The van der Waals surface area contributed by atoms with Crippen molar-refractivity contribution in [1.82, 2.24) is 10.2 Å². The lowest BCUT2D eigenvalue weighted by Gasteiger charge is -2.68. The standard InChI is InChI=1S/C38H54N2O6.C3H6.CH2O/c1-35(2)27(24-7-9-25(10-8-24)33(44)45)13-17-37(4)30(35)15-18-36(3)28-14-19-38(16-5-6-29(38)26(28)11-12-31(36)37)34(46)39-20-21-40(23-41)22-32(42)43;1-3-2;1-2/h7-10,13,26,28-31,41H,5-6,11-12,14-23H2,1-4H3,(H,39,46)(H,42,43)(H,44,45);3H,1H2,2H3;1H2. The van der Waals surface area contributed by atoms with E-state index in [4.69, 9.17) is 9.90 Å². The van der Waals surface area contributed by atoms with E-state index in [1.54, 1.807) is 18.2 Å². The van der Waals surface area contributed by atoms with Gasteiger partial charge in [0.2, 0.25) is 5.91 Å². The molecule has 0 radical (unpaired) electrons. The first-order chi connectivity index (χ1) is 24.2. The van der Waals surface area contributed by atoms with Crippen LogP contribution in [0, 0.1) is 51.2 Å². The number of fused-ring (bicyclic) bond motifs is 7. The highest BCUT2D eigenvalue weighted by Gasteiger charge is 2.66. The largest absolute Gasteiger partial charge is 0.480 e. The second-order valence-electron chi connectivity index (χ2n) is 16.9. The number of allylic oxidation sites excluding steroid dienone is 3. The van der Waals surface area contributed by atoms with Crippen LogP contribution in [0.3, 0.4) is 0 Å². The zero-order valence-electron chi connectivity index (χ0n) is 31.6.